The molecule has 6 nitrogen and oxygen atoms in total. The van der Waals surface area contributed by atoms with E-state index in [1.807, 2.05) is 49.4 Å². The summed E-state index contributed by atoms with van der Waals surface area (Å²) in [6.45, 7) is 4.23. The van der Waals surface area contributed by atoms with Crippen LogP contribution >= 0.6 is 11.3 Å². The van der Waals surface area contributed by atoms with Gasteiger partial charge in [0.05, 0.1) is 11.3 Å². The number of benzene rings is 2. The summed E-state index contributed by atoms with van der Waals surface area (Å²) in [5.74, 6) is 0.222. The first-order valence-electron chi connectivity index (χ1n) is 9.24. The molecule has 0 saturated heterocycles. The van der Waals surface area contributed by atoms with Crippen LogP contribution in [-0.4, -0.2) is 23.4 Å². The van der Waals surface area contributed by atoms with Crippen LogP contribution in [0.2, 0.25) is 0 Å². The predicted octanol–water partition coefficient (Wildman–Crippen LogP) is 4.45. The van der Waals surface area contributed by atoms with E-state index in [9.17, 15) is 9.59 Å². The van der Waals surface area contributed by atoms with E-state index in [1.54, 1.807) is 22.4 Å². The molecule has 0 atom stereocenters. The number of carbonyl (C=O) groups excluding carboxylic acids is 2. The third kappa shape index (κ3) is 5.42. The van der Waals surface area contributed by atoms with Crippen molar-refractivity contribution in [3.05, 3.63) is 76.8 Å². The molecular weight excluding hydrogens is 388 g/mol. The van der Waals surface area contributed by atoms with Crippen molar-refractivity contribution in [1.29, 1.82) is 0 Å². The lowest BCUT2D eigenvalue weighted by molar-refractivity contribution is -0.116. The van der Waals surface area contributed by atoms with Gasteiger partial charge in [-0.05, 0) is 25.1 Å². The van der Waals surface area contributed by atoms with E-state index >= 15 is 0 Å². The van der Waals surface area contributed by atoms with Gasteiger partial charge in [-0.2, -0.15) is 0 Å². The van der Waals surface area contributed by atoms with Crippen molar-refractivity contribution in [2.45, 2.75) is 27.1 Å². The average molecular weight is 410 g/mol. The molecule has 0 fully saturated rings. The molecule has 2 aromatic carbocycles. The number of esters is 1. The van der Waals surface area contributed by atoms with Gasteiger partial charge in [0.2, 0.25) is 5.91 Å². The number of carbonyl (C=O) groups is 2. The number of anilines is 1. The van der Waals surface area contributed by atoms with Crippen molar-refractivity contribution in [1.82, 2.24) is 4.98 Å². The standard InChI is InChI=1S/C22H22N2O4S/c1-3-24(16(2)25)22-23-18(15-29-22)14-28-21(26)20-12-8-7-9-17(20)13-27-19-10-5-4-6-11-19/h4-12,15H,3,13-14H2,1-2H3. The van der Waals surface area contributed by atoms with Crippen LogP contribution in [0.15, 0.2) is 60.0 Å². The Bertz CT molecular complexity index is 972. The van der Waals surface area contributed by atoms with Gasteiger partial charge < -0.3 is 9.47 Å². The second-order valence-electron chi connectivity index (χ2n) is 6.22. The molecule has 0 aliphatic carbocycles. The minimum atomic E-state index is -0.439. The zero-order chi connectivity index (χ0) is 20.6. The van der Waals surface area contributed by atoms with Crippen LogP contribution in [0.5, 0.6) is 5.75 Å². The lowest BCUT2D eigenvalue weighted by atomic mass is 10.1. The Morgan fingerprint density at radius 3 is 2.48 bits per heavy atom. The largest absolute Gasteiger partial charge is 0.489 e. The highest BCUT2D eigenvalue weighted by Crippen LogP contribution is 2.22. The van der Waals surface area contributed by atoms with Gasteiger partial charge in [0.25, 0.3) is 0 Å². The summed E-state index contributed by atoms with van der Waals surface area (Å²) >= 11 is 1.35. The summed E-state index contributed by atoms with van der Waals surface area (Å²) in [5.41, 5.74) is 1.81. The molecule has 0 spiro atoms. The third-order valence-electron chi connectivity index (χ3n) is 4.19. The quantitative estimate of drug-likeness (QED) is 0.513. The maximum Gasteiger partial charge on any atom is 0.338 e. The maximum absolute atomic E-state index is 12.6. The zero-order valence-corrected chi connectivity index (χ0v) is 17.1. The second-order valence-corrected chi connectivity index (χ2v) is 7.06. The Hall–Kier alpha value is -3.19. The van der Waals surface area contributed by atoms with E-state index in [-0.39, 0.29) is 19.1 Å². The van der Waals surface area contributed by atoms with Crippen LogP contribution in [0.3, 0.4) is 0 Å². The number of thiazole rings is 1. The molecule has 0 radical (unpaired) electrons. The Labute approximate surface area is 173 Å². The van der Waals surface area contributed by atoms with Gasteiger partial charge in [0.1, 0.15) is 19.0 Å². The molecule has 1 aromatic heterocycles. The lowest BCUT2D eigenvalue weighted by Gasteiger charge is -2.14. The number of hydrogen-bond donors (Lipinski definition) is 0. The summed E-state index contributed by atoms with van der Waals surface area (Å²) in [4.78, 5) is 30.2. The second kappa shape index (κ2) is 9.84. The van der Waals surface area contributed by atoms with E-state index in [0.717, 1.165) is 11.3 Å². The fourth-order valence-electron chi connectivity index (χ4n) is 2.72. The highest BCUT2D eigenvalue weighted by atomic mass is 32.1. The Kier molecular flexibility index (Phi) is 6.97. The third-order valence-corrected chi connectivity index (χ3v) is 5.11. The molecule has 3 aromatic rings. The molecule has 0 unspecified atom stereocenters. The summed E-state index contributed by atoms with van der Waals surface area (Å²) in [6.07, 6.45) is 0. The highest BCUT2D eigenvalue weighted by molar-refractivity contribution is 7.14. The molecule has 3 rings (SSSR count). The van der Waals surface area contributed by atoms with E-state index in [4.69, 9.17) is 9.47 Å². The van der Waals surface area contributed by atoms with Gasteiger partial charge in [-0.3, -0.25) is 9.69 Å². The first-order chi connectivity index (χ1) is 14.1. The van der Waals surface area contributed by atoms with Crippen LogP contribution in [0.1, 0.15) is 35.5 Å². The number of nitrogens with zero attached hydrogens (tertiary/aromatic N) is 2. The summed E-state index contributed by atoms with van der Waals surface area (Å²) < 4.78 is 11.2. The topological polar surface area (TPSA) is 68.7 Å². The molecule has 0 aliphatic heterocycles. The van der Waals surface area contributed by atoms with Crippen LogP contribution in [-0.2, 0) is 22.7 Å². The Morgan fingerprint density at radius 2 is 1.76 bits per heavy atom. The first-order valence-corrected chi connectivity index (χ1v) is 10.1. The van der Waals surface area contributed by atoms with Crippen molar-refractivity contribution in [2.24, 2.45) is 0 Å². The van der Waals surface area contributed by atoms with Gasteiger partial charge in [-0.25, -0.2) is 9.78 Å². The number of amides is 1. The molecule has 150 valence electrons. The van der Waals surface area contributed by atoms with Gasteiger partial charge in [0.15, 0.2) is 5.13 Å². The van der Waals surface area contributed by atoms with Crippen molar-refractivity contribution < 1.29 is 19.1 Å². The van der Waals surface area contributed by atoms with Gasteiger partial charge in [0, 0.05) is 24.4 Å². The number of hydrogen-bond acceptors (Lipinski definition) is 6. The smallest absolute Gasteiger partial charge is 0.338 e. The highest BCUT2D eigenvalue weighted by Gasteiger charge is 2.16. The molecule has 0 saturated carbocycles. The lowest BCUT2D eigenvalue weighted by Crippen LogP contribution is -2.27. The monoisotopic (exact) mass is 410 g/mol. The van der Waals surface area contributed by atoms with Gasteiger partial charge >= 0.3 is 5.97 Å². The minimum Gasteiger partial charge on any atom is -0.489 e. The van der Waals surface area contributed by atoms with Crippen LogP contribution in [0.25, 0.3) is 0 Å². The number of ether oxygens (including phenoxy) is 2. The van der Waals surface area contributed by atoms with Crippen molar-refractivity contribution in [3.63, 3.8) is 0 Å². The van der Waals surface area contributed by atoms with Crippen LogP contribution in [0.4, 0.5) is 5.13 Å². The van der Waals surface area contributed by atoms with E-state index in [2.05, 4.69) is 4.98 Å². The molecule has 0 N–H and O–H groups in total. The number of para-hydroxylation sites is 1. The van der Waals surface area contributed by atoms with Gasteiger partial charge in [-0.1, -0.05) is 36.4 Å². The molecule has 0 aliphatic rings. The van der Waals surface area contributed by atoms with Crippen molar-refractivity contribution in [2.75, 3.05) is 11.4 Å². The minimum absolute atomic E-state index is 0.0403. The maximum atomic E-state index is 12.6. The van der Waals surface area contributed by atoms with Crippen molar-refractivity contribution in [3.8, 4) is 5.75 Å². The average Bonchev–Trinajstić information content (AvgIpc) is 3.20. The Balaban J connectivity index is 1.63. The first kappa shape index (κ1) is 20.5. The molecule has 0 bridgehead atoms. The van der Waals surface area contributed by atoms with E-state index < -0.39 is 5.97 Å². The summed E-state index contributed by atoms with van der Waals surface area (Å²) in [6, 6.07) is 16.6. The van der Waals surface area contributed by atoms with Crippen molar-refractivity contribution >= 4 is 28.3 Å². The van der Waals surface area contributed by atoms with Crippen LogP contribution in [0, 0.1) is 0 Å². The molecule has 1 amide bonds. The molecule has 29 heavy (non-hydrogen) atoms. The summed E-state index contributed by atoms with van der Waals surface area (Å²) in [7, 11) is 0. The van der Waals surface area contributed by atoms with Gasteiger partial charge in [-0.15, -0.1) is 11.3 Å². The fraction of sp³-hybridized carbons (Fsp3) is 0.227. The van der Waals surface area contributed by atoms with E-state index in [1.165, 1.54) is 18.3 Å². The fourth-order valence-corrected chi connectivity index (χ4v) is 3.64. The number of rotatable bonds is 8. The molecular formula is C22H22N2O4S. The van der Waals surface area contributed by atoms with E-state index in [0.29, 0.717) is 22.9 Å². The Morgan fingerprint density at radius 1 is 1.03 bits per heavy atom. The zero-order valence-electron chi connectivity index (χ0n) is 16.3. The normalized spacial score (nSPS) is 10.4. The number of aromatic nitrogens is 1. The predicted molar refractivity (Wildman–Crippen MR) is 112 cm³/mol. The molecule has 7 heteroatoms. The summed E-state index contributed by atoms with van der Waals surface area (Å²) in [5, 5.41) is 2.39. The van der Waals surface area contributed by atoms with Crippen LogP contribution < -0.4 is 9.64 Å². The SMILES string of the molecule is CCN(C(C)=O)c1nc(COC(=O)c2ccccc2COc2ccccc2)cs1. The molecule has 1 heterocycles.